The van der Waals surface area contributed by atoms with E-state index in [1.165, 1.54) is 104 Å². The topological polar surface area (TPSA) is 13.0 Å². The zero-order valence-electron chi connectivity index (χ0n) is 104. The molecule has 4 nitrogen and oxygen atoms in total. The molecule has 16 atom stereocenters. The Hall–Kier alpha value is -5.27. The van der Waals surface area contributed by atoms with Gasteiger partial charge in [0.1, 0.15) is 32.9 Å². The van der Waals surface area contributed by atoms with Crippen LogP contribution in [0.4, 0.5) is 0 Å². The van der Waals surface area contributed by atoms with Crippen LogP contribution in [0.1, 0.15) is 429 Å². The Kier molecular flexibility index (Phi) is 29.4. The van der Waals surface area contributed by atoms with Crippen LogP contribution in [0.3, 0.4) is 0 Å². The molecule has 8 heteroatoms. The first-order valence-electron chi connectivity index (χ1n) is 58.0. The van der Waals surface area contributed by atoms with E-state index in [1.54, 1.807) is 39.0 Å². The fraction of sp³-hybridized carbons (Fsp3) is 0.664. The number of nitrogens with zero attached hydrogens (tertiary/aromatic N) is 4. The second-order valence-corrected chi connectivity index (χ2v) is 83.2. The fourth-order valence-corrected chi connectivity index (χ4v) is 61.5. The minimum absolute atomic E-state index is 0.0303. The lowest BCUT2D eigenvalue weighted by Crippen LogP contribution is -2.67. The van der Waals surface area contributed by atoms with Crippen LogP contribution in [0.15, 0.2) is 174 Å². The summed E-state index contributed by atoms with van der Waals surface area (Å²) in [6, 6.07) is 40.9. The van der Waals surface area contributed by atoms with E-state index < -0.39 is 32.9 Å². The van der Waals surface area contributed by atoms with Crippen LogP contribution in [0, 0.1) is 65.1 Å². The second-order valence-electron chi connectivity index (χ2n) is 65.3. The van der Waals surface area contributed by atoms with E-state index in [2.05, 4.69) is 548 Å². The molecule has 0 aromatic heterocycles. The monoisotopic (exact) mass is 2030 g/mol. The predicted molar refractivity (Wildman–Crippen MR) is 650 cm³/mol. The van der Waals surface area contributed by atoms with Crippen molar-refractivity contribution < 1.29 is 0 Å². The van der Waals surface area contributed by atoms with E-state index in [4.69, 9.17) is 0 Å². The maximum absolute atomic E-state index is 2.96. The summed E-state index contributed by atoms with van der Waals surface area (Å²) in [5.41, 5.74) is 37.2. The molecule has 12 aliphatic rings. The molecule has 17 rings (SSSR count). The Balaban J connectivity index is 0.000000153. The van der Waals surface area contributed by atoms with E-state index in [0.29, 0.717) is 64.7 Å². The van der Waals surface area contributed by atoms with Gasteiger partial charge in [-0.05, 0) is 417 Å². The van der Waals surface area contributed by atoms with Crippen LogP contribution >= 0.6 is 0 Å². The summed E-state index contributed by atoms with van der Waals surface area (Å²) >= 11 is 0. The minimum atomic E-state index is -1.90. The van der Waals surface area contributed by atoms with E-state index in [0.717, 1.165) is 28.5 Å². The van der Waals surface area contributed by atoms with Crippen molar-refractivity contribution in [3.8, 4) is 0 Å². The molecule has 4 saturated carbocycles. The highest BCUT2D eigenvalue weighted by Crippen LogP contribution is 2.69. The molecule has 0 aliphatic heterocycles. The van der Waals surface area contributed by atoms with Gasteiger partial charge < -0.3 is 18.3 Å². The molecule has 0 spiro atoms. The van der Waals surface area contributed by atoms with Crippen molar-refractivity contribution in [2.24, 2.45) is 65.1 Å². The number of benzene rings is 5. The predicted octanol–water partition coefficient (Wildman–Crippen LogP) is 38.5. The van der Waals surface area contributed by atoms with Crippen molar-refractivity contribution in [1.82, 2.24) is 18.3 Å². The SMILES string of the molecule is CC(C)(C)c1ccc2c(c1)C(C)(C)C1=CC3C(c4ccccc4)CC([Si](C)(C)N(C(C)(C)C)C(C)(C)C)C3C=C12.CC(C)(C)c1ccc2c(c1)C(C)(C)C1=CC3CCC([Si](C)(C)N(C(C)(C)C)C(C)(C)C)C3C=C12.CC1C(C)C([Si](C)(C)N(C(C)(C)C)C(C)(C)C)C2C=C3C(=CC12)C(C)(C)c1cc(C(C)(C)C)ccc13.CC1CC2C=C3C(=CC2C1[Si](C)(C)N(C(C)(C)C)C(C)(C)C)c1ccc(C(C)(C)C)cc1C3(C)C. The van der Waals surface area contributed by atoms with Gasteiger partial charge in [-0.25, -0.2) is 0 Å². The standard InChI is InChI=1S/C38H55NSi.C34H55NSi.C33H53NSi.C32H51NSi/c1-35(2,3)26-19-20-27-30-22-31-29(23-33(30)38(10,11)32(27)21-26)28(25-17-15-14-16-18-25)24-34(31)40(12,13)39(36(4,5)6)37(7,8)9;1-21-22(2)30(36(14,15)35(32(6,7)8)33(9,10)11)27-19-26-24-17-16-23(31(3,4)5)18-28(24)34(12,13)29(26)20-25(21)27;1-21-17-22-18-27-26(24-16-15-23(30(2,3)4)19-28(24)33(27,11)12)20-25(22)29(21)35(13,14)34(31(5,6)7)32(8,9)10;1-29(2,3)22-15-16-23-25-20-24-21(18-26(25)32(10,11)27(23)19-22)14-17-28(24)34(12,13)33(30(4,5)6)31(7,8)9/h14-23,28-29,31,34H,24H2,1-13H3;16-22,25,27,30H,1-15H3;15-16,18-22,25,29H,17H2,1-14H3;15-16,18-21,24,28H,14,17H2,1-13H3. The second kappa shape index (κ2) is 37.0. The quantitative estimate of drug-likeness (QED) is 0.136. The first-order chi connectivity index (χ1) is 65.3. The summed E-state index contributed by atoms with van der Waals surface area (Å²) in [5, 5.41) is 0. The Morgan fingerprint density at radius 1 is 0.255 bits per heavy atom. The van der Waals surface area contributed by atoms with Crippen LogP contribution in [0.5, 0.6) is 0 Å². The van der Waals surface area contributed by atoms with Gasteiger partial charge in [0.2, 0.25) is 0 Å². The summed E-state index contributed by atoms with van der Waals surface area (Å²) in [6.07, 6.45) is 27.4. The highest BCUT2D eigenvalue weighted by atomic mass is 28.3. The van der Waals surface area contributed by atoms with E-state index in [-0.39, 0.29) is 87.6 Å². The van der Waals surface area contributed by atoms with Crippen molar-refractivity contribution in [3.63, 3.8) is 0 Å². The van der Waals surface area contributed by atoms with Crippen LogP contribution in [-0.2, 0) is 43.3 Å². The van der Waals surface area contributed by atoms with Gasteiger partial charge in [-0.2, -0.15) is 0 Å². The van der Waals surface area contributed by atoms with Gasteiger partial charge in [-0.15, -0.1) is 0 Å². The molecule has 5 aromatic carbocycles. The van der Waals surface area contributed by atoms with Crippen molar-refractivity contribution in [2.75, 3.05) is 0 Å². The molecule has 5 aromatic rings. The molecular formula is C137H214N4Si4. The molecule has 16 unspecified atom stereocenters. The third kappa shape index (κ3) is 20.5. The zero-order chi connectivity index (χ0) is 109. The minimum Gasteiger partial charge on any atom is -0.314 e. The summed E-state index contributed by atoms with van der Waals surface area (Å²) in [4.78, 5) is 0. The smallest absolute Gasteiger partial charge is 0.127 e. The maximum atomic E-state index is 2.96. The number of fused-ring (bicyclic) bond motifs is 16. The molecule has 145 heavy (non-hydrogen) atoms. The molecule has 12 aliphatic carbocycles. The lowest BCUT2D eigenvalue weighted by Gasteiger charge is -2.57. The normalized spacial score (nSPS) is 27.8. The van der Waals surface area contributed by atoms with Gasteiger partial charge >= 0.3 is 0 Å². The van der Waals surface area contributed by atoms with Crippen molar-refractivity contribution in [1.29, 1.82) is 0 Å². The van der Waals surface area contributed by atoms with Crippen molar-refractivity contribution >= 4 is 55.2 Å². The van der Waals surface area contributed by atoms with Gasteiger partial charge in [-0.3, -0.25) is 0 Å². The Morgan fingerprint density at radius 3 is 0.869 bits per heavy atom. The van der Waals surface area contributed by atoms with E-state index >= 15 is 0 Å². The average Bonchev–Trinajstić information content (AvgIpc) is 1.56. The highest BCUT2D eigenvalue weighted by molar-refractivity contribution is 6.78. The van der Waals surface area contributed by atoms with Gasteiger partial charge in [0.25, 0.3) is 0 Å². The summed E-state index contributed by atoms with van der Waals surface area (Å²) in [5.74, 6) is 7.88. The molecule has 0 bridgehead atoms. The lowest BCUT2D eigenvalue weighted by molar-refractivity contribution is 0.120. The van der Waals surface area contributed by atoms with E-state index in [1.807, 2.05) is 0 Å². The van der Waals surface area contributed by atoms with Gasteiger partial charge in [0, 0.05) is 66.0 Å². The summed E-state index contributed by atoms with van der Waals surface area (Å²) in [7, 11) is -7.24. The summed E-state index contributed by atoms with van der Waals surface area (Å²) in [6.45, 7) is 135. The van der Waals surface area contributed by atoms with Gasteiger partial charge in [0.15, 0.2) is 0 Å². The van der Waals surface area contributed by atoms with Crippen molar-refractivity contribution in [3.05, 3.63) is 246 Å². The molecule has 0 amide bonds. The van der Waals surface area contributed by atoms with Crippen LogP contribution in [-0.4, -0.2) is 95.5 Å². The Bertz CT molecular complexity index is 5930. The first-order valence-corrected chi connectivity index (χ1v) is 70.1. The van der Waals surface area contributed by atoms with Gasteiger partial charge in [-0.1, -0.05) is 370 Å². The lowest BCUT2D eigenvalue weighted by atomic mass is 9.73. The fourth-order valence-electron chi connectivity index (χ4n) is 36.5. The number of allylic oxidation sites excluding steroid dienone is 16. The Labute approximate surface area is 897 Å². The number of rotatable bonds is 9. The molecule has 0 radical (unpaired) electrons. The molecule has 0 N–H and O–H groups in total. The number of hydrogen-bond donors (Lipinski definition) is 0. The average molecular weight is 2030 g/mol. The summed E-state index contributed by atoms with van der Waals surface area (Å²) < 4.78 is 11.8. The van der Waals surface area contributed by atoms with Gasteiger partial charge in [0.05, 0.1) is 0 Å². The van der Waals surface area contributed by atoms with Crippen LogP contribution in [0.25, 0.3) is 22.3 Å². The first kappa shape index (κ1) is 115. The molecule has 4 fully saturated rings. The zero-order valence-corrected chi connectivity index (χ0v) is 108. The third-order valence-electron chi connectivity index (χ3n) is 39.2. The number of hydrogen-bond acceptors (Lipinski definition) is 4. The van der Waals surface area contributed by atoms with E-state index in [9.17, 15) is 0 Å². The molecular weight excluding hydrogens is 1810 g/mol. The third-order valence-corrected chi connectivity index (χ3v) is 59.2. The molecule has 798 valence electrons. The largest absolute Gasteiger partial charge is 0.314 e. The van der Waals surface area contributed by atoms with Crippen molar-refractivity contribution in [2.45, 2.75) is 519 Å². The van der Waals surface area contributed by atoms with Crippen LogP contribution in [0.2, 0.25) is 74.5 Å². The Morgan fingerprint density at radius 2 is 0.538 bits per heavy atom. The maximum Gasteiger partial charge on any atom is 0.127 e. The molecule has 0 heterocycles. The molecule has 0 saturated heterocycles. The highest BCUT2D eigenvalue weighted by Gasteiger charge is 2.64. The van der Waals surface area contributed by atoms with Crippen LogP contribution < -0.4 is 0 Å².